The van der Waals surface area contributed by atoms with Gasteiger partial charge < -0.3 is 10.1 Å². The van der Waals surface area contributed by atoms with Gasteiger partial charge in [0.2, 0.25) is 0 Å². The number of ether oxygens (including phenoxy) is 1. The second-order valence-electron chi connectivity index (χ2n) is 10.5. The first-order chi connectivity index (χ1) is 14.3. The predicted molar refractivity (Wildman–Crippen MR) is 125 cm³/mol. The average Bonchev–Trinajstić information content (AvgIpc) is 3.45. The molecule has 0 unspecified atom stereocenters. The standard InChI is InChI=1S/C27H41NO2/c1-20(18-22-11-6-5-7-12-22)24-19-25(24)28-23-16-14-21(15-17-23)10-8-9-13-26(29)30-27(2,3)4/h5-7,11-12,18,21,23-25,28H,8-10,13-17,19H2,1-4H3/b20-18+/t21?,23?,24-,25+/m0/s1. The third-order valence-electron chi connectivity index (χ3n) is 6.53. The molecule has 0 bridgehead atoms. The molecular weight excluding hydrogens is 370 g/mol. The summed E-state index contributed by atoms with van der Waals surface area (Å²) in [7, 11) is 0. The number of unbranched alkanes of at least 4 members (excludes halogenated alkanes) is 1. The van der Waals surface area contributed by atoms with Crippen molar-refractivity contribution in [1.82, 2.24) is 5.32 Å². The molecule has 3 nitrogen and oxygen atoms in total. The van der Waals surface area contributed by atoms with Crippen molar-refractivity contribution in [2.45, 2.75) is 103 Å². The Hall–Kier alpha value is -1.61. The minimum atomic E-state index is -0.362. The van der Waals surface area contributed by atoms with Crippen LogP contribution in [0.4, 0.5) is 0 Å². The summed E-state index contributed by atoms with van der Waals surface area (Å²) in [4.78, 5) is 11.8. The van der Waals surface area contributed by atoms with Crippen molar-refractivity contribution in [3.05, 3.63) is 41.5 Å². The van der Waals surface area contributed by atoms with Crippen LogP contribution in [0.2, 0.25) is 0 Å². The van der Waals surface area contributed by atoms with Gasteiger partial charge in [0.1, 0.15) is 5.60 Å². The summed E-state index contributed by atoms with van der Waals surface area (Å²) in [6.45, 7) is 8.08. The summed E-state index contributed by atoms with van der Waals surface area (Å²) in [6.07, 6.45) is 12.9. The van der Waals surface area contributed by atoms with Gasteiger partial charge in [0.25, 0.3) is 0 Å². The van der Waals surface area contributed by atoms with Crippen LogP contribution >= 0.6 is 0 Å². The molecule has 3 rings (SSSR count). The molecule has 2 aliphatic carbocycles. The number of carbonyl (C=O) groups is 1. The van der Waals surface area contributed by atoms with E-state index in [0.717, 1.165) is 24.7 Å². The Labute approximate surface area is 183 Å². The lowest BCUT2D eigenvalue weighted by molar-refractivity contribution is -0.154. The van der Waals surface area contributed by atoms with Crippen LogP contribution in [-0.2, 0) is 9.53 Å². The largest absolute Gasteiger partial charge is 0.460 e. The van der Waals surface area contributed by atoms with Gasteiger partial charge >= 0.3 is 5.97 Å². The Morgan fingerprint density at radius 1 is 1.10 bits per heavy atom. The van der Waals surface area contributed by atoms with E-state index >= 15 is 0 Å². The molecule has 1 N–H and O–H groups in total. The Morgan fingerprint density at radius 3 is 2.47 bits per heavy atom. The lowest BCUT2D eigenvalue weighted by Gasteiger charge is -2.29. The zero-order chi connectivity index (χ0) is 21.6. The first-order valence-electron chi connectivity index (χ1n) is 12.0. The van der Waals surface area contributed by atoms with E-state index in [1.165, 1.54) is 49.7 Å². The smallest absolute Gasteiger partial charge is 0.306 e. The van der Waals surface area contributed by atoms with Gasteiger partial charge in [-0.25, -0.2) is 0 Å². The zero-order valence-electron chi connectivity index (χ0n) is 19.5. The summed E-state index contributed by atoms with van der Waals surface area (Å²) >= 11 is 0. The number of hydrogen-bond donors (Lipinski definition) is 1. The van der Waals surface area contributed by atoms with E-state index in [0.29, 0.717) is 18.5 Å². The fraction of sp³-hybridized carbons (Fsp3) is 0.667. The number of carbonyl (C=O) groups excluding carboxylic acids is 1. The fourth-order valence-electron chi connectivity index (χ4n) is 4.82. The molecular formula is C27H41NO2. The summed E-state index contributed by atoms with van der Waals surface area (Å²) < 4.78 is 5.39. The van der Waals surface area contributed by atoms with E-state index < -0.39 is 0 Å². The van der Waals surface area contributed by atoms with Crippen molar-refractivity contribution < 1.29 is 9.53 Å². The van der Waals surface area contributed by atoms with E-state index in [2.05, 4.69) is 48.6 Å². The van der Waals surface area contributed by atoms with Gasteiger partial charge in [-0.1, -0.05) is 54.8 Å². The van der Waals surface area contributed by atoms with Crippen LogP contribution in [0, 0.1) is 11.8 Å². The van der Waals surface area contributed by atoms with E-state index in [1.54, 1.807) is 0 Å². The number of rotatable bonds is 9. The normalized spacial score (nSPS) is 27.0. The average molecular weight is 412 g/mol. The third-order valence-corrected chi connectivity index (χ3v) is 6.53. The molecule has 166 valence electrons. The van der Waals surface area contributed by atoms with Crippen molar-refractivity contribution in [3.63, 3.8) is 0 Å². The number of benzene rings is 1. The molecule has 1 aromatic carbocycles. The topological polar surface area (TPSA) is 38.3 Å². The quantitative estimate of drug-likeness (QED) is 0.371. The van der Waals surface area contributed by atoms with Crippen LogP contribution < -0.4 is 5.32 Å². The van der Waals surface area contributed by atoms with Gasteiger partial charge in [0.05, 0.1) is 0 Å². The van der Waals surface area contributed by atoms with Crippen molar-refractivity contribution in [3.8, 4) is 0 Å². The maximum absolute atomic E-state index is 11.8. The summed E-state index contributed by atoms with van der Waals surface area (Å²) in [5.74, 6) is 1.51. The number of hydrogen-bond acceptors (Lipinski definition) is 3. The molecule has 2 saturated carbocycles. The molecule has 2 atom stereocenters. The van der Waals surface area contributed by atoms with Gasteiger partial charge in [-0.2, -0.15) is 0 Å². The molecule has 0 radical (unpaired) electrons. The van der Waals surface area contributed by atoms with Crippen molar-refractivity contribution >= 4 is 12.0 Å². The minimum Gasteiger partial charge on any atom is -0.460 e. The van der Waals surface area contributed by atoms with Crippen LogP contribution in [0.25, 0.3) is 6.08 Å². The van der Waals surface area contributed by atoms with Gasteiger partial charge in [-0.05, 0) is 83.6 Å². The van der Waals surface area contributed by atoms with Crippen LogP contribution in [0.1, 0.15) is 91.0 Å². The van der Waals surface area contributed by atoms with Gasteiger partial charge in [0, 0.05) is 18.5 Å². The van der Waals surface area contributed by atoms with E-state index in [1.807, 2.05) is 20.8 Å². The highest BCUT2D eigenvalue weighted by Gasteiger charge is 2.39. The Morgan fingerprint density at radius 2 is 1.80 bits per heavy atom. The SMILES string of the molecule is C/C(=C\c1ccccc1)[C@@H]1C[C@H]1NC1CCC(CCCCC(=O)OC(C)(C)C)CC1. The summed E-state index contributed by atoms with van der Waals surface area (Å²) in [5.41, 5.74) is 2.46. The third kappa shape index (κ3) is 7.91. The molecule has 2 aliphatic rings. The molecule has 0 spiro atoms. The van der Waals surface area contributed by atoms with Gasteiger partial charge in [0.15, 0.2) is 0 Å². The molecule has 30 heavy (non-hydrogen) atoms. The lowest BCUT2D eigenvalue weighted by atomic mass is 9.83. The Balaban J connectivity index is 1.28. The van der Waals surface area contributed by atoms with Crippen LogP contribution in [0.5, 0.6) is 0 Å². The molecule has 0 aliphatic heterocycles. The Kier molecular flexibility index (Phi) is 8.16. The predicted octanol–water partition coefficient (Wildman–Crippen LogP) is 6.53. The minimum absolute atomic E-state index is 0.0500. The fourth-order valence-corrected chi connectivity index (χ4v) is 4.82. The first-order valence-corrected chi connectivity index (χ1v) is 12.0. The second kappa shape index (κ2) is 10.6. The molecule has 2 fully saturated rings. The highest BCUT2D eigenvalue weighted by molar-refractivity contribution is 5.69. The molecule has 0 aromatic heterocycles. The molecule has 0 saturated heterocycles. The van der Waals surface area contributed by atoms with Crippen LogP contribution in [0.3, 0.4) is 0 Å². The summed E-state index contributed by atoms with van der Waals surface area (Å²) in [6, 6.07) is 12.0. The number of nitrogens with one attached hydrogen (secondary N) is 1. The monoisotopic (exact) mass is 411 g/mol. The maximum Gasteiger partial charge on any atom is 0.306 e. The molecule has 0 heterocycles. The summed E-state index contributed by atoms with van der Waals surface area (Å²) in [5, 5.41) is 3.93. The highest BCUT2D eigenvalue weighted by Crippen LogP contribution is 2.39. The lowest BCUT2D eigenvalue weighted by Crippen LogP contribution is -2.35. The van der Waals surface area contributed by atoms with Crippen LogP contribution in [-0.4, -0.2) is 23.7 Å². The van der Waals surface area contributed by atoms with E-state index in [9.17, 15) is 4.79 Å². The van der Waals surface area contributed by atoms with Gasteiger partial charge in [-0.15, -0.1) is 0 Å². The highest BCUT2D eigenvalue weighted by atomic mass is 16.6. The van der Waals surface area contributed by atoms with Crippen molar-refractivity contribution in [2.24, 2.45) is 11.8 Å². The maximum atomic E-state index is 11.8. The Bertz CT molecular complexity index is 695. The van der Waals surface area contributed by atoms with Crippen molar-refractivity contribution in [1.29, 1.82) is 0 Å². The van der Waals surface area contributed by atoms with Crippen molar-refractivity contribution in [2.75, 3.05) is 0 Å². The van der Waals surface area contributed by atoms with Gasteiger partial charge in [-0.3, -0.25) is 4.79 Å². The zero-order valence-corrected chi connectivity index (χ0v) is 19.5. The van der Waals surface area contributed by atoms with E-state index in [4.69, 9.17) is 4.74 Å². The second-order valence-corrected chi connectivity index (χ2v) is 10.5. The molecule has 1 aromatic rings. The molecule has 3 heteroatoms. The first kappa shape index (κ1) is 23.1. The molecule has 0 amide bonds. The van der Waals surface area contributed by atoms with E-state index in [-0.39, 0.29) is 11.6 Å². The van der Waals surface area contributed by atoms with Crippen LogP contribution in [0.15, 0.2) is 35.9 Å². The number of esters is 1.